The van der Waals surface area contributed by atoms with Gasteiger partial charge < -0.3 is 0 Å². The van der Waals surface area contributed by atoms with Crippen LogP contribution in [0.5, 0.6) is 0 Å². The molecule has 1 fully saturated rings. The Balaban J connectivity index is 1.70. The maximum absolute atomic E-state index is 13.0. The molecule has 1 unspecified atom stereocenters. The molecule has 0 aliphatic carbocycles. The zero-order valence-electron chi connectivity index (χ0n) is 16.1. The summed E-state index contributed by atoms with van der Waals surface area (Å²) in [6, 6.07) is 8.30. The van der Waals surface area contributed by atoms with Crippen LogP contribution in [0.3, 0.4) is 0 Å². The molecule has 146 valence electrons. The van der Waals surface area contributed by atoms with Crippen LogP contribution in [-0.4, -0.2) is 28.0 Å². The maximum atomic E-state index is 13.0. The minimum atomic E-state index is -4.41. The highest BCUT2D eigenvalue weighted by Gasteiger charge is 2.33. The molecule has 1 aliphatic heterocycles. The van der Waals surface area contributed by atoms with Crippen LogP contribution in [0.15, 0.2) is 30.3 Å². The Morgan fingerprint density at radius 2 is 1.85 bits per heavy atom. The van der Waals surface area contributed by atoms with Crippen LogP contribution in [0.25, 0.3) is 0 Å². The number of pyridine rings is 2. The highest BCUT2D eigenvalue weighted by molar-refractivity contribution is 5.21. The number of aryl methyl sites for hydroxylation is 2. The van der Waals surface area contributed by atoms with Gasteiger partial charge in [-0.25, -0.2) is 4.98 Å². The van der Waals surface area contributed by atoms with E-state index in [4.69, 9.17) is 0 Å². The number of piperidine rings is 1. The van der Waals surface area contributed by atoms with Crippen molar-refractivity contribution in [2.45, 2.75) is 52.3 Å². The van der Waals surface area contributed by atoms with Crippen LogP contribution < -0.4 is 0 Å². The molecule has 0 bridgehead atoms. The Kier molecular flexibility index (Phi) is 5.84. The average Bonchev–Trinajstić information content (AvgIpc) is 2.60. The number of rotatable bonds is 4. The van der Waals surface area contributed by atoms with Crippen molar-refractivity contribution in [3.63, 3.8) is 0 Å². The number of alkyl halides is 3. The highest BCUT2D eigenvalue weighted by Crippen LogP contribution is 2.31. The van der Waals surface area contributed by atoms with Gasteiger partial charge in [0.25, 0.3) is 0 Å². The van der Waals surface area contributed by atoms with E-state index in [0.717, 1.165) is 49.8 Å². The molecule has 1 aliphatic rings. The first-order valence-electron chi connectivity index (χ1n) is 9.45. The van der Waals surface area contributed by atoms with E-state index in [1.54, 1.807) is 6.07 Å². The van der Waals surface area contributed by atoms with Gasteiger partial charge in [0.1, 0.15) is 5.69 Å². The first-order valence-corrected chi connectivity index (χ1v) is 9.45. The van der Waals surface area contributed by atoms with Crippen molar-refractivity contribution in [3.05, 3.63) is 58.7 Å². The van der Waals surface area contributed by atoms with Crippen molar-refractivity contribution >= 4 is 0 Å². The van der Waals surface area contributed by atoms with E-state index in [-0.39, 0.29) is 6.04 Å². The predicted molar refractivity (Wildman–Crippen MR) is 99.4 cm³/mol. The fraction of sp³-hybridized carbons (Fsp3) is 0.524. The van der Waals surface area contributed by atoms with Gasteiger partial charge in [-0.3, -0.25) is 9.88 Å². The molecule has 3 nitrogen and oxygen atoms in total. The molecule has 0 spiro atoms. The zero-order chi connectivity index (χ0) is 19.6. The lowest BCUT2D eigenvalue weighted by Gasteiger charge is -2.37. The fourth-order valence-corrected chi connectivity index (χ4v) is 4.02. The summed E-state index contributed by atoms with van der Waals surface area (Å²) in [5, 5.41) is 0. The SMILES string of the molecule is Cc1cc(C[C@H]2CCCN(C(C)c3cccc(C(F)(F)F)n3)C2)cc(C)n1. The average molecular weight is 377 g/mol. The molecule has 27 heavy (non-hydrogen) atoms. The van der Waals surface area contributed by atoms with E-state index in [0.29, 0.717) is 11.6 Å². The molecular weight excluding hydrogens is 351 g/mol. The second kappa shape index (κ2) is 7.97. The van der Waals surface area contributed by atoms with Crippen LogP contribution in [0, 0.1) is 19.8 Å². The van der Waals surface area contributed by atoms with Crippen molar-refractivity contribution in [1.29, 1.82) is 0 Å². The van der Waals surface area contributed by atoms with Crippen LogP contribution in [0.2, 0.25) is 0 Å². The third kappa shape index (κ3) is 5.06. The number of hydrogen-bond donors (Lipinski definition) is 0. The molecular formula is C21H26F3N3. The van der Waals surface area contributed by atoms with Crippen molar-refractivity contribution in [2.24, 2.45) is 5.92 Å². The zero-order valence-corrected chi connectivity index (χ0v) is 16.1. The van der Waals surface area contributed by atoms with Gasteiger partial charge in [0.15, 0.2) is 0 Å². The van der Waals surface area contributed by atoms with E-state index in [1.165, 1.54) is 11.6 Å². The van der Waals surface area contributed by atoms with Crippen LogP contribution in [-0.2, 0) is 12.6 Å². The molecule has 2 atom stereocenters. The summed E-state index contributed by atoms with van der Waals surface area (Å²) in [5.74, 6) is 0.494. The Hall–Kier alpha value is -1.95. The van der Waals surface area contributed by atoms with Gasteiger partial charge in [0.2, 0.25) is 0 Å². The number of nitrogens with zero attached hydrogens (tertiary/aromatic N) is 3. The van der Waals surface area contributed by atoms with Gasteiger partial charge in [0, 0.05) is 24.0 Å². The van der Waals surface area contributed by atoms with E-state index in [9.17, 15) is 13.2 Å². The molecule has 2 aromatic rings. The van der Waals surface area contributed by atoms with Gasteiger partial charge in [-0.05, 0) is 82.3 Å². The van der Waals surface area contributed by atoms with Crippen LogP contribution >= 0.6 is 0 Å². The molecule has 0 aromatic carbocycles. The van der Waals surface area contributed by atoms with E-state index in [2.05, 4.69) is 27.0 Å². The Morgan fingerprint density at radius 3 is 2.52 bits per heavy atom. The van der Waals surface area contributed by atoms with E-state index < -0.39 is 11.9 Å². The summed E-state index contributed by atoms with van der Waals surface area (Å²) in [4.78, 5) is 10.6. The largest absolute Gasteiger partial charge is 0.433 e. The summed E-state index contributed by atoms with van der Waals surface area (Å²) in [5.41, 5.74) is 3.01. The first-order chi connectivity index (χ1) is 12.7. The lowest BCUT2D eigenvalue weighted by molar-refractivity contribution is -0.141. The molecule has 6 heteroatoms. The second-order valence-electron chi connectivity index (χ2n) is 7.59. The van der Waals surface area contributed by atoms with Gasteiger partial charge in [-0.2, -0.15) is 13.2 Å². The van der Waals surface area contributed by atoms with Crippen molar-refractivity contribution in [3.8, 4) is 0 Å². The predicted octanol–water partition coefficient (Wildman–Crippen LogP) is 5.13. The number of likely N-dealkylation sites (tertiary alicyclic amines) is 1. The number of aromatic nitrogens is 2. The Labute approximate surface area is 158 Å². The van der Waals surface area contributed by atoms with E-state index >= 15 is 0 Å². The summed E-state index contributed by atoms with van der Waals surface area (Å²) in [7, 11) is 0. The summed E-state index contributed by atoms with van der Waals surface area (Å²) in [6.45, 7) is 7.73. The van der Waals surface area contributed by atoms with Crippen molar-refractivity contribution in [2.75, 3.05) is 13.1 Å². The van der Waals surface area contributed by atoms with Crippen LogP contribution in [0.4, 0.5) is 13.2 Å². The summed E-state index contributed by atoms with van der Waals surface area (Å²) in [6.07, 6.45) is -1.24. The third-order valence-electron chi connectivity index (χ3n) is 5.25. The lowest BCUT2D eigenvalue weighted by Crippen LogP contribution is -2.38. The second-order valence-corrected chi connectivity index (χ2v) is 7.59. The molecule has 0 amide bonds. The molecule has 3 rings (SSSR count). The minimum absolute atomic E-state index is 0.129. The van der Waals surface area contributed by atoms with Gasteiger partial charge in [0.05, 0.1) is 5.69 Å². The highest BCUT2D eigenvalue weighted by atomic mass is 19.4. The van der Waals surface area contributed by atoms with Gasteiger partial charge in [-0.1, -0.05) is 6.07 Å². The van der Waals surface area contributed by atoms with Crippen molar-refractivity contribution in [1.82, 2.24) is 14.9 Å². The Bertz CT molecular complexity index is 768. The number of halogens is 3. The smallest absolute Gasteiger partial charge is 0.295 e. The van der Waals surface area contributed by atoms with E-state index in [1.807, 2.05) is 20.8 Å². The molecule has 0 N–H and O–H groups in total. The fourth-order valence-electron chi connectivity index (χ4n) is 4.02. The van der Waals surface area contributed by atoms with Gasteiger partial charge in [-0.15, -0.1) is 0 Å². The first kappa shape index (κ1) is 19.8. The maximum Gasteiger partial charge on any atom is 0.433 e. The number of hydrogen-bond acceptors (Lipinski definition) is 3. The monoisotopic (exact) mass is 377 g/mol. The van der Waals surface area contributed by atoms with Gasteiger partial charge >= 0.3 is 6.18 Å². The minimum Gasteiger partial charge on any atom is -0.295 e. The molecule has 3 heterocycles. The van der Waals surface area contributed by atoms with Crippen molar-refractivity contribution < 1.29 is 13.2 Å². The molecule has 2 aromatic heterocycles. The molecule has 0 radical (unpaired) electrons. The summed E-state index contributed by atoms with van der Waals surface area (Å²) < 4.78 is 38.9. The normalized spacial score (nSPS) is 19.9. The summed E-state index contributed by atoms with van der Waals surface area (Å²) >= 11 is 0. The molecule has 1 saturated heterocycles. The Morgan fingerprint density at radius 1 is 1.15 bits per heavy atom. The molecule has 0 saturated carbocycles. The topological polar surface area (TPSA) is 29.0 Å². The quantitative estimate of drug-likeness (QED) is 0.740. The standard InChI is InChI=1S/C21H26F3N3/c1-14-10-18(11-15(2)25-14)12-17-6-5-9-27(13-17)16(3)19-7-4-8-20(26-19)21(22,23)24/h4,7-8,10-11,16-17H,5-6,9,12-13H2,1-3H3/t16?,17-/m1/s1. The van der Waals surface area contributed by atoms with Crippen LogP contribution in [0.1, 0.15) is 54.1 Å². The lowest BCUT2D eigenvalue weighted by atomic mass is 9.90. The third-order valence-corrected chi connectivity index (χ3v) is 5.25.